The predicted octanol–water partition coefficient (Wildman–Crippen LogP) is 51.6. The van der Waals surface area contributed by atoms with Crippen LogP contribution in [0.25, 0.3) is 0 Å². The number of hydrogen-bond acceptors (Lipinski definition) is 1. The average molecular weight is 1780 g/mol. The number of carboxylic acids is 1. The van der Waals surface area contributed by atoms with E-state index in [1.165, 1.54) is 507 Å². The second kappa shape index (κ2) is 253. The third-order valence-electron chi connectivity index (χ3n) is 19.7. The summed E-state index contributed by atoms with van der Waals surface area (Å²) in [6, 6.07) is 0. The standard InChI is InChI=1S/C8H16O2.19C6H14/c1-2-3-4-5-6-7-8(9)10;19*1-3-5-6-4-2/h2-7H2,1H3,(H,9,10);19*3-6H2,1-2H3. The van der Waals surface area contributed by atoms with Gasteiger partial charge in [0.2, 0.25) is 0 Å². The third-order valence-corrected chi connectivity index (χ3v) is 19.7. The van der Waals surface area contributed by atoms with Crippen LogP contribution in [0.3, 0.4) is 0 Å². The molecular weight excluding hydrogens is 1500 g/mol. The molecule has 2 heteroatoms. The summed E-state index contributed by atoms with van der Waals surface area (Å²) >= 11 is 0. The van der Waals surface area contributed by atoms with Gasteiger partial charge in [0.1, 0.15) is 0 Å². The van der Waals surface area contributed by atoms with Gasteiger partial charge in [-0.25, -0.2) is 0 Å². The van der Waals surface area contributed by atoms with Crippen LogP contribution in [0.15, 0.2) is 0 Å². The van der Waals surface area contributed by atoms with Gasteiger partial charge in [-0.05, 0) is 6.42 Å². The molecule has 1 N–H and O–H groups in total. The maximum Gasteiger partial charge on any atom is 0.303 e. The van der Waals surface area contributed by atoms with Crippen LogP contribution in [0.2, 0.25) is 0 Å². The first-order valence-corrected chi connectivity index (χ1v) is 59.4. The summed E-state index contributed by atoms with van der Waals surface area (Å²) < 4.78 is 0. The Kier molecular flexibility index (Phi) is 353. The van der Waals surface area contributed by atoms with E-state index >= 15 is 0 Å². The number of unbranched alkanes of at least 4 members (excludes halogenated alkanes) is 61. The van der Waals surface area contributed by atoms with Crippen molar-refractivity contribution in [2.45, 2.75) is 797 Å². The molecule has 0 saturated carbocycles. The molecule has 0 fully saturated rings. The number of aliphatic carboxylic acids is 1. The molecule has 0 aromatic heterocycles. The monoisotopic (exact) mass is 1780 g/mol. The quantitative estimate of drug-likeness (QED) is 0.0616. The van der Waals surface area contributed by atoms with Crippen LogP contribution in [0.5, 0.6) is 0 Å². The first-order chi connectivity index (χ1) is 60.1. The highest BCUT2D eigenvalue weighted by Crippen LogP contribution is 2.07. The zero-order valence-electron chi connectivity index (χ0n) is 98.3. The highest BCUT2D eigenvalue weighted by molar-refractivity contribution is 5.66. The molecule has 0 rings (SSSR count). The molecule has 0 radical (unpaired) electrons. The van der Waals surface area contributed by atoms with Crippen molar-refractivity contribution < 1.29 is 9.90 Å². The summed E-state index contributed by atoms with van der Waals surface area (Å²) in [6.07, 6.45) is 111. The minimum atomic E-state index is -0.670. The van der Waals surface area contributed by atoms with Crippen molar-refractivity contribution in [2.75, 3.05) is 0 Å². The lowest BCUT2D eigenvalue weighted by Gasteiger charge is -1.95. The van der Waals surface area contributed by atoms with E-state index in [1.807, 2.05) is 0 Å². The Bertz CT molecular complexity index is 749. The molecule has 0 aromatic carbocycles. The first-order valence-electron chi connectivity index (χ1n) is 59.4. The maximum atomic E-state index is 10.0. The van der Waals surface area contributed by atoms with Gasteiger partial charge in [0.15, 0.2) is 0 Å². The second-order valence-corrected chi connectivity index (χ2v) is 35.0. The second-order valence-electron chi connectivity index (χ2n) is 35.0. The van der Waals surface area contributed by atoms with Crippen LogP contribution in [-0.4, -0.2) is 11.1 Å². The molecule has 0 aliphatic carbocycles. The van der Waals surface area contributed by atoms with Gasteiger partial charge in [-0.1, -0.05) is 784 Å². The maximum absolute atomic E-state index is 10.0. The molecule has 124 heavy (non-hydrogen) atoms. The van der Waals surface area contributed by atoms with Crippen LogP contribution < -0.4 is 0 Å². The van der Waals surface area contributed by atoms with Crippen LogP contribution in [0, 0.1) is 0 Å². The Labute approximate surface area is 807 Å². The topological polar surface area (TPSA) is 37.3 Å². The fourth-order valence-corrected chi connectivity index (χ4v) is 10.4. The molecular formula is C122H282O2. The first kappa shape index (κ1) is 173. The van der Waals surface area contributed by atoms with Crippen molar-refractivity contribution in [1.82, 2.24) is 0 Å². The molecule has 0 spiro atoms. The lowest BCUT2D eigenvalue weighted by Crippen LogP contribution is -1.93. The van der Waals surface area contributed by atoms with Gasteiger partial charge in [-0.15, -0.1) is 0 Å². The fourth-order valence-electron chi connectivity index (χ4n) is 10.4. The number of hydrogen-bond donors (Lipinski definition) is 1. The van der Waals surface area contributed by atoms with E-state index in [1.54, 1.807) is 0 Å². The van der Waals surface area contributed by atoms with Crippen molar-refractivity contribution in [1.29, 1.82) is 0 Å². The van der Waals surface area contributed by atoms with Crippen molar-refractivity contribution in [2.24, 2.45) is 0 Å². The molecule has 0 unspecified atom stereocenters. The van der Waals surface area contributed by atoms with Crippen LogP contribution in [0.4, 0.5) is 0 Å². The van der Waals surface area contributed by atoms with Crippen LogP contribution >= 0.6 is 0 Å². The molecule has 0 amide bonds. The summed E-state index contributed by atoms with van der Waals surface area (Å²) in [5.74, 6) is -0.670. The molecule has 0 aliphatic heterocycles. The Morgan fingerprint density at radius 2 is 0.145 bits per heavy atom. The van der Waals surface area contributed by atoms with Gasteiger partial charge in [0.05, 0.1) is 0 Å². The normalized spacial score (nSPS) is 9.06. The van der Waals surface area contributed by atoms with Gasteiger partial charge in [0, 0.05) is 6.42 Å². The molecule has 0 bridgehead atoms. The van der Waals surface area contributed by atoms with Gasteiger partial charge in [-0.3, -0.25) is 4.79 Å². The zero-order valence-corrected chi connectivity index (χ0v) is 98.3. The minimum absolute atomic E-state index is 0.337. The molecule has 2 nitrogen and oxygen atoms in total. The third kappa shape index (κ3) is 438. The lowest BCUT2D eigenvalue weighted by atomic mass is 10.1. The number of rotatable bonds is 63. The summed E-state index contributed by atoms with van der Waals surface area (Å²) in [5, 5.41) is 8.27. The van der Waals surface area contributed by atoms with Crippen LogP contribution in [-0.2, 0) is 4.79 Å². The van der Waals surface area contributed by atoms with Crippen molar-refractivity contribution in [3.05, 3.63) is 0 Å². The highest BCUT2D eigenvalue weighted by atomic mass is 16.4. The summed E-state index contributed by atoms with van der Waals surface area (Å²) in [4.78, 5) is 10.0. The summed E-state index contributed by atoms with van der Waals surface area (Å²) in [5.41, 5.74) is 0. The highest BCUT2D eigenvalue weighted by Gasteiger charge is 1.95. The van der Waals surface area contributed by atoms with E-state index in [-0.39, 0.29) is 0 Å². The molecule has 0 saturated heterocycles. The minimum Gasteiger partial charge on any atom is -0.481 e. The van der Waals surface area contributed by atoms with Gasteiger partial charge in [-0.2, -0.15) is 0 Å². The zero-order chi connectivity index (χ0) is 99.6. The van der Waals surface area contributed by atoms with E-state index in [0.29, 0.717) is 6.42 Å². The van der Waals surface area contributed by atoms with E-state index in [0.717, 1.165) is 12.8 Å². The molecule has 782 valence electrons. The Balaban J connectivity index is -0.0000000511. The van der Waals surface area contributed by atoms with E-state index < -0.39 is 5.97 Å². The predicted molar refractivity (Wildman–Crippen MR) is 608 cm³/mol. The SMILES string of the molecule is CCCCCC.CCCCCC.CCCCCC.CCCCCC.CCCCCC.CCCCCC.CCCCCC.CCCCCC.CCCCCC.CCCCCC.CCCCCC.CCCCCC.CCCCCC.CCCCCC.CCCCCC.CCCCCC.CCCCCC.CCCCCC.CCCCCC.CCCCCCCC(=O)O. The smallest absolute Gasteiger partial charge is 0.303 e. The van der Waals surface area contributed by atoms with Crippen molar-refractivity contribution in [3.63, 3.8) is 0 Å². The average Bonchev–Trinajstić information content (AvgIpc) is 1.14. The van der Waals surface area contributed by atoms with Gasteiger partial charge >= 0.3 is 5.97 Å². The number of carbonyl (C=O) groups is 1. The molecule has 0 atom stereocenters. The van der Waals surface area contributed by atoms with Crippen molar-refractivity contribution >= 4 is 5.97 Å². The van der Waals surface area contributed by atoms with E-state index in [4.69, 9.17) is 5.11 Å². The van der Waals surface area contributed by atoms with E-state index in [2.05, 4.69) is 270 Å². The summed E-state index contributed by atoms with van der Waals surface area (Å²) in [7, 11) is 0. The van der Waals surface area contributed by atoms with Gasteiger partial charge < -0.3 is 5.11 Å². The van der Waals surface area contributed by atoms with Crippen LogP contribution in [0.1, 0.15) is 797 Å². The van der Waals surface area contributed by atoms with Crippen molar-refractivity contribution in [3.8, 4) is 0 Å². The number of carboxylic acid groups (broad SMARTS) is 1. The Morgan fingerprint density at radius 1 is 0.0968 bits per heavy atom. The fraction of sp³-hybridized carbons (Fsp3) is 0.992. The summed E-state index contributed by atoms with van der Waals surface area (Å²) in [6.45, 7) is 87.0. The lowest BCUT2D eigenvalue weighted by molar-refractivity contribution is -0.137. The Morgan fingerprint density at radius 3 is 0.194 bits per heavy atom. The van der Waals surface area contributed by atoms with Gasteiger partial charge in [0.25, 0.3) is 0 Å². The molecule has 0 heterocycles. The van der Waals surface area contributed by atoms with E-state index in [9.17, 15) is 4.79 Å². The molecule has 0 aromatic rings. The Hall–Kier alpha value is -0.530. The molecule has 0 aliphatic rings. The largest absolute Gasteiger partial charge is 0.481 e.